The molecule has 1 amide bonds. The first-order chi connectivity index (χ1) is 9.60. The second kappa shape index (κ2) is 5.14. The Hall–Kier alpha value is -1.90. The summed E-state index contributed by atoms with van der Waals surface area (Å²) in [6.45, 7) is 0. The van der Waals surface area contributed by atoms with Gasteiger partial charge in [-0.2, -0.15) is 13.2 Å². The Morgan fingerprint density at radius 1 is 1.19 bits per heavy atom. The summed E-state index contributed by atoms with van der Waals surface area (Å²) in [5.41, 5.74) is -0.231. The molecule has 0 radical (unpaired) electrons. The lowest BCUT2D eigenvalue weighted by molar-refractivity contribution is -0.170. The second-order valence-electron chi connectivity index (χ2n) is 4.37. The van der Waals surface area contributed by atoms with Crippen molar-refractivity contribution in [2.75, 3.05) is 10.7 Å². The normalized spacial score (nSPS) is 20.5. The Morgan fingerprint density at radius 2 is 1.76 bits per heavy atom. The van der Waals surface area contributed by atoms with E-state index in [2.05, 4.69) is 0 Å². The van der Waals surface area contributed by atoms with Crippen molar-refractivity contribution in [3.05, 3.63) is 41.6 Å². The number of alkyl halides is 3. The number of anilines is 1. The molecule has 0 aromatic heterocycles. The number of sulfone groups is 1. The van der Waals surface area contributed by atoms with E-state index in [1.807, 2.05) is 0 Å². The van der Waals surface area contributed by atoms with Gasteiger partial charge in [-0.15, -0.1) is 0 Å². The average Bonchev–Trinajstić information content (AvgIpc) is 2.71. The Kier molecular flexibility index (Phi) is 3.79. The zero-order chi connectivity index (χ0) is 15.8. The molecule has 1 atom stereocenters. The smallest absolute Gasteiger partial charge is 0.297 e. The molecule has 1 aromatic carbocycles. The molecule has 2 rings (SSSR count). The minimum Gasteiger partial charge on any atom is -0.297 e. The van der Waals surface area contributed by atoms with Crippen LogP contribution in [0.3, 0.4) is 0 Å². The summed E-state index contributed by atoms with van der Waals surface area (Å²) < 4.78 is 73.5. The van der Waals surface area contributed by atoms with Crippen molar-refractivity contribution in [1.82, 2.24) is 0 Å². The van der Waals surface area contributed by atoms with E-state index in [1.165, 1.54) is 0 Å². The van der Waals surface area contributed by atoms with Crippen molar-refractivity contribution in [3.8, 4) is 0 Å². The lowest BCUT2D eigenvalue weighted by atomic mass is 10.2. The molecule has 0 bridgehead atoms. The third kappa shape index (κ3) is 3.41. The zero-order valence-electron chi connectivity index (χ0n) is 10.3. The summed E-state index contributed by atoms with van der Waals surface area (Å²) in [6, 6.07) is 2.46. The van der Waals surface area contributed by atoms with Gasteiger partial charge in [0.2, 0.25) is 0 Å². The highest BCUT2D eigenvalue weighted by molar-refractivity contribution is 7.94. The SMILES string of the molecule is O=C(N(c1ccc(F)cc1)[C@@H]1C=CS(=O)(=O)C1)C(F)(F)F. The van der Waals surface area contributed by atoms with Crippen molar-refractivity contribution in [2.24, 2.45) is 0 Å². The first-order valence-corrected chi connectivity index (χ1v) is 7.38. The van der Waals surface area contributed by atoms with Gasteiger partial charge >= 0.3 is 12.1 Å². The lowest BCUT2D eigenvalue weighted by Gasteiger charge is -2.28. The Labute approximate surface area is 117 Å². The number of amides is 1. The number of rotatable bonds is 2. The maximum Gasteiger partial charge on any atom is 0.471 e. The summed E-state index contributed by atoms with van der Waals surface area (Å²) in [6.07, 6.45) is -4.17. The van der Waals surface area contributed by atoms with E-state index in [0.29, 0.717) is 4.90 Å². The van der Waals surface area contributed by atoms with Gasteiger partial charge < -0.3 is 0 Å². The monoisotopic (exact) mass is 323 g/mol. The van der Waals surface area contributed by atoms with E-state index in [-0.39, 0.29) is 5.69 Å². The quantitative estimate of drug-likeness (QED) is 0.783. The molecule has 0 fully saturated rings. The first-order valence-electron chi connectivity index (χ1n) is 5.67. The van der Waals surface area contributed by atoms with Gasteiger partial charge in [-0.3, -0.25) is 9.69 Å². The van der Waals surface area contributed by atoms with Gasteiger partial charge in [-0.1, -0.05) is 0 Å². The molecular weight excluding hydrogens is 314 g/mol. The Bertz CT molecular complexity index is 679. The van der Waals surface area contributed by atoms with Crippen LogP contribution in [0.25, 0.3) is 0 Å². The molecule has 1 aliphatic rings. The van der Waals surface area contributed by atoms with Crippen molar-refractivity contribution in [1.29, 1.82) is 0 Å². The Balaban J connectivity index is 2.43. The molecule has 21 heavy (non-hydrogen) atoms. The summed E-state index contributed by atoms with van der Waals surface area (Å²) in [5, 5.41) is 0.762. The predicted molar refractivity (Wildman–Crippen MR) is 66.7 cm³/mol. The molecule has 0 N–H and O–H groups in total. The van der Waals surface area contributed by atoms with Gasteiger partial charge in [0.05, 0.1) is 11.8 Å². The lowest BCUT2D eigenvalue weighted by Crippen LogP contribution is -2.47. The molecular formula is C12H9F4NO3S. The zero-order valence-corrected chi connectivity index (χ0v) is 11.2. The minimum absolute atomic E-state index is 0.231. The van der Waals surface area contributed by atoms with Crippen LogP contribution >= 0.6 is 0 Å². The van der Waals surface area contributed by atoms with Crippen molar-refractivity contribution >= 4 is 21.4 Å². The fourth-order valence-electron chi connectivity index (χ4n) is 1.92. The van der Waals surface area contributed by atoms with Crippen LogP contribution in [-0.2, 0) is 14.6 Å². The molecule has 1 aliphatic heterocycles. The fraction of sp³-hybridized carbons (Fsp3) is 0.250. The first kappa shape index (κ1) is 15.5. The van der Waals surface area contributed by atoms with E-state index in [1.54, 1.807) is 0 Å². The van der Waals surface area contributed by atoms with Crippen molar-refractivity contribution in [2.45, 2.75) is 12.2 Å². The highest BCUT2D eigenvalue weighted by atomic mass is 32.2. The molecule has 0 saturated carbocycles. The largest absolute Gasteiger partial charge is 0.471 e. The van der Waals surface area contributed by atoms with Gasteiger partial charge in [0, 0.05) is 11.1 Å². The molecule has 0 aliphatic carbocycles. The van der Waals surface area contributed by atoms with E-state index in [4.69, 9.17) is 0 Å². The van der Waals surface area contributed by atoms with Crippen molar-refractivity contribution in [3.63, 3.8) is 0 Å². The van der Waals surface area contributed by atoms with Crippen LogP contribution in [0.15, 0.2) is 35.7 Å². The number of carbonyl (C=O) groups is 1. The van der Waals surface area contributed by atoms with Crippen LogP contribution in [-0.4, -0.2) is 32.3 Å². The van der Waals surface area contributed by atoms with Gasteiger partial charge in [0.25, 0.3) is 0 Å². The van der Waals surface area contributed by atoms with E-state index >= 15 is 0 Å². The highest BCUT2D eigenvalue weighted by Gasteiger charge is 2.46. The molecule has 1 aromatic rings. The molecule has 1 heterocycles. The number of nitrogens with zero attached hydrogens (tertiary/aromatic N) is 1. The Morgan fingerprint density at radius 3 is 2.19 bits per heavy atom. The second-order valence-corrected chi connectivity index (χ2v) is 6.31. The molecule has 9 heteroatoms. The molecule has 114 valence electrons. The number of hydrogen-bond acceptors (Lipinski definition) is 3. The highest BCUT2D eigenvalue weighted by Crippen LogP contribution is 2.28. The van der Waals surface area contributed by atoms with Crippen LogP contribution in [0.4, 0.5) is 23.2 Å². The standard InChI is InChI=1S/C12H9F4NO3S/c13-8-1-3-9(4-2-8)17(11(18)12(14,15)16)10-5-6-21(19,20)7-10/h1-6,10H,7H2/t10-/m1/s1. The maximum atomic E-state index is 12.8. The molecule has 0 unspecified atom stereocenters. The van der Waals surface area contributed by atoms with Crippen LogP contribution in [0.5, 0.6) is 0 Å². The van der Waals surface area contributed by atoms with E-state index in [0.717, 1.165) is 35.7 Å². The van der Waals surface area contributed by atoms with Crippen LogP contribution in [0, 0.1) is 5.82 Å². The van der Waals surface area contributed by atoms with E-state index < -0.39 is 39.5 Å². The number of benzene rings is 1. The van der Waals surface area contributed by atoms with Gasteiger partial charge in [-0.05, 0) is 30.3 Å². The number of carbonyl (C=O) groups excluding carboxylic acids is 1. The summed E-state index contributed by atoms with van der Waals surface area (Å²) >= 11 is 0. The van der Waals surface area contributed by atoms with Crippen molar-refractivity contribution < 1.29 is 30.8 Å². The third-order valence-corrected chi connectivity index (χ3v) is 4.19. The number of hydrogen-bond donors (Lipinski definition) is 0. The predicted octanol–water partition coefficient (Wildman–Crippen LogP) is 2.03. The molecule has 4 nitrogen and oxygen atoms in total. The number of halogens is 4. The fourth-order valence-corrected chi connectivity index (χ4v) is 3.19. The maximum absolute atomic E-state index is 12.8. The third-order valence-electron chi connectivity index (χ3n) is 2.81. The topological polar surface area (TPSA) is 54.5 Å². The summed E-state index contributed by atoms with van der Waals surface area (Å²) in [4.78, 5) is 11.8. The average molecular weight is 323 g/mol. The van der Waals surface area contributed by atoms with Crippen LogP contribution < -0.4 is 4.90 Å². The van der Waals surface area contributed by atoms with Gasteiger partial charge in [0.1, 0.15) is 5.82 Å². The summed E-state index contributed by atoms with van der Waals surface area (Å²) in [5.74, 6) is -3.54. The van der Waals surface area contributed by atoms with Crippen LogP contribution in [0.2, 0.25) is 0 Å². The van der Waals surface area contributed by atoms with E-state index in [9.17, 15) is 30.8 Å². The minimum atomic E-state index is -5.17. The summed E-state index contributed by atoms with van der Waals surface area (Å²) in [7, 11) is -3.65. The van der Waals surface area contributed by atoms with Gasteiger partial charge in [-0.25, -0.2) is 12.8 Å². The van der Waals surface area contributed by atoms with Gasteiger partial charge in [0.15, 0.2) is 9.84 Å². The molecule has 0 spiro atoms. The van der Waals surface area contributed by atoms with Crippen LogP contribution in [0.1, 0.15) is 0 Å². The molecule has 0 saturated heterocycles.